The van der Waals surface area contributed by atoms with Crippen LogP contribution in [0.3, 0.4) is 0 Å². The van der Waals surface area contributed by atoms with E-state index in [1.807, 2.05) is 0 Å². The van der Waals surface area contributed by atoms with Crippen LogP contribution in [-0.2, 0) is 13.2 Å². The lowest BCUT2D eigenvalue weighted by molar-refractivity contribution is -0.140. The third-order valence-corrected chi connectivity index (χ3v) is 2.14. The summed E-state index contributed by atoms with van der Waals surface area (Å²) in [4.78, 5) is 10.6. The van der Waals surface area contributed by atoms with E-state index in [-0.39, 0.29) is 11.5 Å². The highest BCUT2D eigenvalue weighted by Gasteiger charge is 2.40. The SMILES string of the molecule is Cn1nc(C(F)(F)F)c(N=O)c1-c1ccco1. The fourth-order valence-corrected chi connectivity index (χ4v) is 1.48. The Morgan fingerprint density at radius 2 is 2.18 bits per heavy atom. The van der Waals surface area contributed by atoms with Gasteiger partial charge in [0.25, 0.3) is 0 Å². The maximum Gasteiger partial charge on any atom is 0.437 e. The van der Waals surface area contributed by atoms with Crippen LogP contribution < -0.4 is 0 Å². The maximum atomic E-state index is 12.6. The fraction of sp³-hybridized carbons (Fsp3) is 0.222. The first-order valence-electron chi connectivity index (χ1n) is 4.46. The molecule has 8 heteroatoms. The van der Waals surface area contributed by atoms with Gasteiger partial charge in [0, 0.05) is 7.05 Å². The van der Waals surface area contributed by atoms with Crippen molar-refractivity contribution in [3.8, 4) is 11.5 Å². The van der Waals surface area contributed by atoms with Gasteiger partial charge in [-0.05, 0) is 17.3 Å². The van der Waals surface area contributed by atoms with E-state index in [1.54, 1.807) is 0 Å². The molecule has 0 saturated heterocycles. The predicted octanol–water partition coefficient (Wildman–Crippen LogP) is 3.10. The monoisotopic (exact) mass is 245 g/mol. The number of hydrogen-bond donors (Lipinski definition) is 0. The fourth-order valence-electron chi connectivity index (χ4n) is 1.48. The highest BCUT2D eigenvalue weighted by Crippen LogP contribution is 2.41. The maximum absolute atomic E-state index is 12.6. The van der Waals surface area contributed by atoms with E-state index < -0.39 is 17.6 Å². The van der Waals surface area contributed by atoms with E-state index >= 15 is 0 Å². The van der Waals surface area contributed by atoms with Crippen LogP contribution in [0.5, 0.6) is 0 Å². The van der Waals surface area contributed by atoms with E-state index in [4.69, 9.17) is 4.42 Å². The molecule has 0 atom stereocenters. The molecule has 0 unspecified atom stereocenters. The van der Waals surface area contributed by atoms with Crippen LogP contribution in [0.15, 0.2) is 28.0 Å². The molecule has 0 aromatic carbocycles. The average Bonchev–Trinajstić information content (AvgIpc) is 2.82. The Balaban J connectivity index is 2.69. The molecule has 0 aliphatic heterocycles. The molecule has 17 heavy (non-hydrogen) atoms. The van der Waals surface area contributed by atoms with Gasteiger partial charge in [0.2, 0.25) is 0 Å². The number of aryl methyl sites for hydroxylation is 1. The number of alkyl halides is 3. The van der Waals surface area contributed by atoms with Crippen LogP contribution >= 0.6 is 0 Å². The molecule has 0 radical (unpaired) electrons. The van der Waals surface area contributed by atoms with Crippen molar-refractivity contribution < 1.29 is 17.6 Å². The summed E-state index contributed by atoms with van der Waals surface area (Å²) in [5.41, 5.74) is -2.19. The molecule has 5 nitrogen and oxygen atoms in total. The van der Waals surface area contributed by atoms with E-state index in [0.717, 1.165) is 4.68 Å². The Kier molecular flexibility index (Phi) is 2.49. The van der Waals surface area contributed by atoms with Crippen molar-refractivity contribution in [1.29, 1.82) is 0 Å². The molecule has 0 fully saturated rings. The second kappa shape index (κ2) is 3.72. The van der Waals surface area contributed by atoms with Gasteiger partial charge >= 0.3 is 6.18 Å². The van der Waals surface area contributed by atoms with E-state index in [1.165, 1.54) is 25.4 Å². The van der Waals surface area contributed by atoms with Crippen molar-refractivity contribution in [2.24, 2.45) is 12.2 Å². The summed E-state index contributed by atoms with van der Waals surface area (Å²) in [6.45, 7) is 0. The summed E-state index contributed by atoms with van der Waals surface area (Å²) in [5, 5.41) is 5.65. The Hall–Kier alpha value is -2.12. The second-order valence-corrected chi connectivity index (χ2v) is 3.24. The molecule has 0 spiro atoms. The van der Waals surface area contributed by atoms with Crippen LogP contribution in [0.2, 0.25) is 0 Å². The number of furan rings is 1. The first-order chi connectivity index (χ1) is 7.95. The van der Waals surface area contributed by atoms with Crippen LogP contribution in [0.4, 0.5) is 18.9 Å². The molecule has 2 heterocycles. The Morgan fingerprint density at radius 3 is 2.65 bits per heavy atom. The lowest BCUT2D eigenvalue weighted by Gasteiger charge is -2.00. The first kappa shape index (κ1) is 11.4. The molecular weight excluding hydrogens is 239 g/mol. The summed E-state index contributed by atoms with van der Waals surface area (Å²) in [7, 11) is 1.28. The van der Waals surface area contributed by atoms with E-state index in [2.05, 4.69) is 10.3 Å². The largest absolute Gasteiger partial charge is 0.463 e. The minimum absolute atomic E-state index is 0.0997. The van der Waals surface area contributed by atoms with Crippen LogP contribution in [0.1, 0.15) is 5.69 Å². The quantitative estimate of drug-likeness (QED) is 0.763. The molecule has 0 N–H and O–H groups in total. The minimum Gasteiger partial charge on any atom is -0.463 e. The van der Waals surface area contributed by atoms with E-state index in [0.29, 0.717) is 0 Å². The highest BCUT2D eigenvalue weighted by molar-refractivity contribution is 5.71. The predicted molar refractivity (Wildman–Crippen MR) is 51.4 cm³/mol. The number of halogens is 3. The molecule has 0 amide bonds. The van der Waals surface area contributed by atoms with Crippen molar-refractivity contribution in [3.05, 3.63) is 29.0 Å². The topological polar surface area (TPSA) is 60.4 Å². The zero-order valence-electron chi connectivity index (χ0n) is 8.52. The lowest BCUT2D eigenvalue weighted by atomic mass is 10.2. The number of hydrogen-bond acceptors (Lipinski definition) is 4. The normalized spacial score (nSPS) is 11.8. The van der Waals surface area contributed by atoms with Crippen molar-refractivity contribution in [1.82, 2.24) is 9.78 Å². The number of aromatic nitrogens is 2. The number of nitrogens with zero attached hydrogens (tertiary/aromatic N) is 3. The number of rotatable bonds is 2. The number of nitroso groups, excluding NO2 is 1. The molecule has 0 aliphatic carbocycles. The smallest absolute Gasteiger partial charge is 0.437 e. The van der Waals surface area contributed by atoms with Gasteiger partial charge in [-0.25, -0.2) is 0 Å². The molecule has 0 aliphatic rings. The summed E-state index contributed by atoms with van der Waals surface area (Å²) in [6, 6.07) is 2.91. The second-order valence-electron chi connectivity index (χ2n) is 3.24. The van der Waals surface area contributed by atoms with E-state index in [9.17, 15) is 18.1 Å². The Labute approximate surface area is 92.8 Å². The molecule has 2 aromatic rings. The van der Waals surface area contributed by atoms with Gasteiger partial charge < -0.3 is 4.42 Å². The van der Waals surface area contributed by atoms with Gasteiger partial charge in [-0.15, -0.1) is 4.91 Å². The van der Waals surface area contributed by atoms with Crippen LogP contribution in [0, 0.1) is 4.91 Å². The molecular formula is C9H6F3N3O2. The highest BCUT2D eigenvalue weighted by atomic mass is 19.4. The lowest BCUT2D eigenvalue weighted by Crippen LogP contribution is -2.06. The summed E-state index contributed by atoms with van der Waals surface area (Å²) >= 11 is 0. The summed E-state index contributed by atoms with van der Waals surface area (Å²) < 4.78 is 43.6. The third-order valence-electron chi connectivity index (χ3n) is 2.14. The van der Waals surface area contributed by atoms with Crippen molar-refractivity contribution in [3.63, 3.8) is 0 Å². The zero-order chi connectivity index (χ0) is 12.6. The standard InChI is InChI=1S/C9H6F3N3O2/c1-15-7(5-3-2-4-17-5)6(14-16)8(13-15)9(10,11)12/h2-4H,1H3. The molecule has 0 bridgehead atoms. The van der Waals surface area contributed by atoms with Gasteiger partial charge in [0.05, 0.1) is 6.26 Å². The Morgan fingerprint density at radius 1 is 1.47 bits per heavy atom. The van der Waals surface area contributed by atoms with Gasteiger partial charge in [-0.3, -0.25) is 4.68 Å². The minimum atomic E-state index is -4.73. The zero-order valence-corrected chi connectivity index (χ0v) is 8.52. The van der Waals surface area contributed by atoms with Crippen molar-refractivity contribution >= 4 is 5.69 Å². The first-order valence-corrected chi connectivity index (χ1v) is 4.46. The Bertz CT molecular complexity index is 543. The van der Waals surface area contributed by atoms with Crippen molar-refractivity contribution in [2.45, 2.75) is 6.18 Å². The van der Waals surface area contributed by atoms with Gasteiger partial charge in [0.15, 0.2) is 17.1 Å². The van der Waals surface area contributed by atoms with Gasteiger partial charge in [0.1, 0.15) is 5.69 Å². The average molecular weight is 245 g/mol. The summed E-state index contributed by atoms with van der Waals surface area (Å²) in [5.74, 6) is 0.102. The van der Waals surface area contributed by atoms with Crippen molar-refractivity contribution in [2.75, 3.05) is 0 Å². The van der Waals surface area contributed by atoms with Gasteiger partial charge in [-0.1, -0.05) is 0 Å². The summed E-state index contributed by atoms with van der Waals surface area (Å²) in [6.07, 6.45) is -3.45. The third kappa shape index (κ3) is 1.81. The van der Waals surface area contributed by atoms with Crippen LogP contribution in [0.25, 0.3) is 11.5 Å². The molecule has 90 valence electrons. The van der Waals surface area contributed by atoms with Gasteiger partial charge in [-0.2, -0.15) is 18.3 Å². The molecule has 2 aromatic heterocycles. The molecule has 2 rings (SSSR count). The molecule has 0 saturated carbocycles. The van der Waals surface area contributed by atoms with Crippen LogP contribution in [-0.4, -0.2) is 9.78 Å².